The second-order valence-corrected chi connectivity index (χ2v) is 5.87. The first-order valence-electron chi connectivity index (χ1n) is 7.12. The van der Waals surface area contributed by atoms with Gasteiger partial charge in [0, 0.05) is 27.5 Å². The lowest BCUT2D eigenvalue weighted by Gasteiger charge is -2.13. The van der Waals surface area contributed by atoms with Gasteiger partial charge in [0.05, 0.1) is 11.1 Å². The fraction of sp³-hybridized carbons (Fsp3) is 0.111. The quantitative estimate of drug-likeness (QED) is 0.657. The standard InChI is InChI=1S/C18H15ClN2O2.ClH/c1-10-7-13(19)4-6-15(10)21-17-8-11(2)20-16-5-3-12(18(22)23)9-14(16)17;/h3-9H,1-2H3,(H,20,21)(H,22,23);1H. The number of carbonyl (C=O) groups is 1. The van der Waals surface area contributed by atoms with Gasteiger partial charge in [0.1, 0.15) is 0 Å². The van der Waals surface area contributed by atoms with Crippen LogP contribution in [0.4, 0.5) is 11.4 Å². The van der Waals surface area contributed by atoms with E-state index in [2.05, 4.69) is 10.3 Å². The molecule has 3 aromatic rings. The van der Waals surface area contributed by atoms with Crippen LogP contribution < -0.4 is 5.32 Å². The van der Waals surface area contributed by atoms with Crippen molar-refractivity contribution in [3.05, 3.63) is 64.3 Å². The Morgan fingerprint density at radius 2 is 1.83 bits per heavy atom. The second kappa shape index (κ2) is 7.07. The monoisotopic (exact) mass is 362 g/mol. The van der Waals surface area contributed by atoms with E-state index in [1.165, 1.54) is 0 Å². The van der Waals surface area contributed by atoms with Crippen LogP contribution in [0.2, 0.25) is 5.02 Å². The highest BCUT2D eigenvalue weighted by molar-refractivity contribution is 6.30. The van der Waals surface area contributed by atoms with E-state index in [-0.39, 0.29) is 18.0 Å². The number of nitrogens with one attached hydrogen (secondary N) is 1. The van der Waals surface area contributed by atoms with Crippen LogP contribution in [-0.2, 0) is 0 Å². The number of rotatable bonds is 3. The smallest absolute Gasteiger partial charge is 0.335 e. The van der Waals surface area contributed by atoms with Gasteiger partial charge in [-0.25, -0.2) is 4.79 Å². The van der Waals surface area contributed by atoms with Gasteiger partial charge in [-0.3, -0.25) is 4.98 Å². The van der Waals surface area contributed by atoms with Crippen molar-refractivity contribution < 1.29 is 9.90 Å². The Bertz CT molecular complexity index is 926. The van der Waals surface area contributed by atoms with Crippen molar-refractivity contribution in [1.82, 2.24) is 4.98 Å². The van der Waals surface area contributed by atoms with Gasteiger partial charge in [-0.05, 0) is 61.9 Å². The molecule has 3 rings (SSSR count). The number of anilines is 2. The van der Waals surface area contributed by atoms with Gasteiger partial charge in [-0.15, -0.1) is 12.4 Å². The number of fused-ring (bicyclic) bond motifs is 1. The number of aromatic nitrogens is 1. The van der Waals surface area contributed by atoms with Crippen LogP contribution in [0.5, 0.6) is 0 Å². The maximum absolute atomic E-state index is 11.2. The Labute approximate surface area is 150 Å². The maximum Gasteiger partial charge on any atom is 0.335 e. The van der Waals surface area contributed by atoms with Crippen LogP contribution in [-0.4, -0.2) is 16.1 Å². The molecule has 6 heteroatoms. The normalized spacial score (nSPS) is 10.3. The van der Waals surface area contributed by atoms with Crippen molar-refractivity contribution in [3.8, 4) is 0 Å². The molecule has 124 valence electrons. The molecule has 0 spiro atoms. The summed E-state index contributed by atoms with van der Waals surface area (Å²) in [7, 11) is 0. The van der Waals surface area contributed by atoms with Gasteiger partial charge in [-0.2, -0.15) is 0 Å². The van der Waals surface area contributed by atoms with E-state index in [9.17, 15) is 9.90 Å². The van der Waals surface area contributed by atoms with Gasteiger partial charge in [0.25, 0.3) is 0 Å². The van der Waals surface area contributed by atoms with Crippen molar-refractivity contribution in [2.24, 2.45) is 0 Å². The Hall–Kier alpha value is -2.30. The molecule has 0 unspecified atom stereocenters. The highest BCUT2D eigenvalue weighted by Crippen LogP contribution is 2.29. The zero-order valence-electron chi connectivity index (χ0n) is 13.1. The number of carboxylic acids is 1. The average Bonchev–Trinajstić information content (AvgIpc) is 2.49. The van der Waals surface area contributed by atoms with E-state index in [1.807, 2.05) is 38.1 Å². The molecule has 0 radical (unpaired) electrons. The van der Waals surface area contributed by atoms with Gasteiger partial charge < -0.3 is 10.4 Å². The molecule has 0 aliphatic rings. The van der Waals surface area contributed by atoms with E-state index < -0.39 is 5.97 Å². The van der Waals surface area contributed by atoms with E-state index in [1.54, 1.807) is 18.2 Å². The SMILES string of the molecule is Cc1cc(Nc2ccc(Cl)cc2C)c2cc(C(=O)O)ccc2n1.Cl. The molecule has 0 saturated carbocycles. The maximum atomic E-state index is 11.2. The van der Waals surface area contributed by atoms with Crippen molar-refractivity contribution in [2.75, 3.05) is 5.32 Å². The van der Waals surface area contributed by atoms with Gasteiger partial charge in [-0.1, -0.05) is 11.6 Å². The van der Waals surface area contributed by atoms with E-state index in [4.69, 9.17) is 11.6 Å². The summed E-state index contributed by atoms with van der Waals surface area (Å²) in [5.41, 5.74) is 4.59. The minimum absolute atomic E-state index is 0. The summed E-state index contributed by atoms with van der Waals surface area (Å²) in [6.45, 7) is 3.87. The van der Waals surface area contributed by atoms with E-state index in [0.29, 0.717) is 5.02 Å². The minimum Gasteiger partial charge on any atom is -0.478 e. The summed E-state index contributed by atoms with van der Waals surface area (Å²) in [5, 5.41) is 14.0. The van der Waals surface area contributed by atoms with Crippen LogP contribution in [0.25, 0.3) is 10.9 Å². The third kappa shape index (κ3) is 3.61. The molecule has 0 saturated heterocycles. The summed E-state index contributed by atoms with van der Waals surface area (Å²) in [6, 6.07) is 12.4. The molecule has 2 aromatic carbocycles. The number of pyridine rings is 1. The van der Waals surface area contributed by atoms with E-state index >= 15 is 0 Å². The molecular weight excluding hydrogens is 347 g/mol. The van der Waals surface area contributed by atoms with Gasteiger partial charge in [0.15, 0.2) is 0 Å². The molecule has 2 N–H and O–H groups in total. The largest absolute Gasteiger partial charge is 0.478 e. The number of hydrogen-bond acceptors (Lipinski definition) is 3. The third-order valence-electron chi connectivity index (χ3n) is 3.64. The lowest BCUT2D eigenvalue weighted by Crippen LogP contribution is -1.99. The number of aryl methyl sites for hydroxylation is 2. The lowest BCUT2D eigenvalue weighted by atomic mass is 10.1. The van der Waals surface area contributed by atoms with Gasteiger partial charge >= 0.3 is 5.97 Å². The van der Waals surface area contributed by atoms with Crippen molar-refractivity contribution in [3.63, 3.8) is 0 Å². The van der Waals surface area contributed by atoms with Crippen molar-refractivity contribution >= 4 is 52.3 Å². The number of nitrogens with zero attached hydrogens (tertiary/aromatic N) is 1. The van der Waals surface area contributed by atoms with Crippen molar-refractivity contribution in [1.29, 1.82) is 0 Å². The first kappa shape index (κ1) is 18.0. The molecule has 1 aromatic heterocycles. The molecular formula is C18H16Cl2N2O2. The minimum atomic E-state index is -0.957. The zero-order valence-corrected chi connectivity index (χ0v) is 14.7. The predicted molar refractivity (Wildman–Crippen MR) is 100 cm³/mol. The van der Waals surface area contributed by atoms with Crippen LogP contribution in [0.1, 0.15) is 21.6 Å². The molecule has 1 heterocycles. The van der Waals surface area contributed by atoms with Gasteiger partial charge in [0.2, 0.25) is 0 Å². The fourth-order valence-corrected chi connectivity index (χ4v) is 2.73. The van der Waals surface area contributed by atoms with Crippen LogP contribution in [0.15, 0.2) is 42.5 Å². The molecule has 0 aliphatic carbocycles. The average molecular weight is 363 g/mol. The summed E-state index contributed by atoms with van der Waals surface area (Å²) < 4.78 is 0. The fourth-order valence-electron chi connectivity index (χ4n) is 2.51. The Kier molecular flexibility index (Phi) is 5.32. The summed E-state index contributed by atoms with van der Waals surface area (Å²) in [6.07, 6.45) is 0. The number of carboxylic acid groups (broad SMARTS) is 1. The molecule has 0 bridgehead atoms. The van der Waals surface area contributed by atoms with Crippen LogP contribution >= 0.6 is 24.0 Å². The summed E-state index contributed by atoms with van der Waals surface area (Å²) in [4.78, 5) is 15.7. The topological polar surface area (TPSA) is 62.2 Å². The molecule has 0 aliphatic heterocycles. The number of benzene rings is 2. The highest BCUT2D eigenvalue weighted by Gasteiger charge is 2.10. The molecule has 0 amide bonds. The second-order valence-electron chi connectivity index (χ2n) is 5.43. The third-order valence-corrected chi connectivity index (χ3v) is 3.88. The van der Waals surface area contributed by atoms with Crippen LogP contribution in [0.3, 0.4) is 0 Å². The Morgan fingerprint density at radius 1 is 1.08 bits per heavy atom. The predicted octanol–water partition coefficient (Wildman–Crippen LogP) is 5.37. The molecule has 4 nitrogen and oxygen atoms in total. The van der Waals surface area contributed by atoms with Crippen LogP contribution in [0, 0.1) is 13.8 Å². The van der Waals surface area contributed by atoms with Crippen molar-refractivity contribution in [2.45, 2.75) is 13.8 Å². The number of hydrogen-bond donors (Lipinski definition) is 2. The highest BCUT2D eigenvalue weighted by atomic mass is 35.5. The number of halogens is 2. The molecule has 0 fully saturated rings. The number of aromatic carboxylic acids is 1. The Balaban J connectivity index is 0.00000208. The first-order chi connectivity index (χ1) is 10.9. The lowest BCUT2D eigenvalue weighted by molar-refractivity contribution is 0.0697. The molecule has 24 heavy (non-hydrogen) atoms. The zero-order chi connectivity index (χ0) is 16.6. The Morgan fingerprint density at radius 3 is 2.50 bits per heavy atom. The molecule has 0 atom stereocenters. The summed E-state index contributed by atoms with van der Waals surface area (Å²) in [5.74, 6) is -0.957. The van der Waals surface area contributed by atoms with E-state index in [0.717, 1.165) is 33.5 Å². The first-order valence-corrected chi connectivity index (χ1v) is 7.50. The summed E-state index contributed by atoms with van der Waals surface area (Å²) >= 11 is 5.99.